The Balaban J connectivity index is 1.55. The molecular formula is C25H28FN5O4S2. The summed E-state index contributed by atoms with van der Waals surface area (Å²) in [5, 5.41) is 1.04. The minimum absolute atomic E-state index is 0.0535. The molecule has 0 radical (unpaired) electrons. The van der Waals surface area contributed by atoms with E-state index in [4.69, 9.17) is 17.0 Å². The Morgan fingerprint density at radius 2 is 2.03 bits per heavy atom. The molecule has 2 amide bonds. The average Bonchev–Trinajstić information content (AvgIpc) is 3.14. The number of carbonyl (C=O) groups is 2. The number of thioether (sulfide) groups is 1. The first kappa shape index (κ1) is 25.7. The molecule has 1 N–H and O–H groups in total. The summed E-state index contributed by atoms with van der Waals surface area (Å²) in [7, 11) is 2.02. The molecule has 1 unspecified atom stereocenters. The number of nitrogens with zero attached hydrogens (tertiary/aromatic N) is 4. The zero-order chi connectivity index (χ0) is 26.4. The van der Waals surface area contributed by atoms with Crippen LogP contribution in [0.1, 0.15) is 43.1 Å². The summed E-state index contributed by atoms with van der Waals surface area (Å²) in [4.78, 5) is 44.0. The summed E-state index contributed by atoms with van der Waals surface area (Å²) in [6, 6.07) is 0.984. The van der Waals surface area contributed by atoms with Crippen molar-refractivity contribution in [2.24, 2.45) is 0 Å². The summed E-state index contributed by atoms with van der Waals surface area (Å²) in [5.41, 5.74) is 2.44. The van der Waals surface area contributed by atoms with Gasteiger partial charge in [0.2, 0.25) is 5.43 Å². The molecule has 2 aromatic rings. The number of ether oxygens (including phenoxy) is 1. The molecule has 3 aliphatic heterocycles. The molecule has 37 heavy (non-hydrogen) atoms. The predicted molar refractivity (Wildman–Crippen MR) is 146 cm³/mol. The summed E-state index contributed by atoms with van der Waals surface area (Å²) >= 11 is 6.37. The van der Waals surface area contributed by atoms with Gasteiger partial charge in [0.15, 0.2) is 15.9 Å². The fourth-order valence-electron chi connectivity index (χ4n) is 4.74. The third-order valence-electron chi connectivity index (χ3n) is 6.83. The number of rotatable bonds is 5. The highest BCUT2D eigenvalue weighted by atomic mass is 32.2. The van der Waals surface area contributed by atoms with Gasteiger partial charge in [0, 0.05) is 32.4 Å². The Hall–Kier alpha value is -2.96. The maximum atomic E-state index is 15.5. The van der Waals surface area contributed by atoms with Crippen molar-refractivity contribution in [2.45, 2.75) is 32.7 Å². The summed E-state index contributed by atoms with van der Waals surface area (Å²) < 4.78 is 23.5. The molecule has 12 heteroatoms. The molecule has 9 nitrogen and oxygen atoms in total. The van der Waals surface area contributed by atoms with E-state index in [-0.39, 0.29) is 27.9 Å². The first-order chi connectivity index (χ1) is 17.7. The number of halogens is 1. The van der Waals surface area contributed by atoms with Crippen molar-refractivity contribution < 1.29 is 18.7 Å². The van der Waals surface area contributed by atoms with Crippen molar-refractivity contribution in [2.75, 3.05) is 44.7 Å². The Labute approximate surface area is 223 Å². The molecular weight excluding hydrogens is 517 g/mol. The number of allylic oxidation sites excluding steroid dienone is 1. The third kappa shape index (κ3) is 4.51. The number of likely N-dealkylation sites (N-methyl/N-ethyl adjacent to an activating group) is 1. The van der Waals surface area contributed by atoms with Crippen molar-refractivity contribution >= 4 is 56.7 Å². The maximum absolute atomic E-state index is 15.5. The van der Waals surface area contributed by atoms with Gasteiger partial charge >= 0.3 is 0 Å². The molecule has 196 valence electrons. The number of hydrogen-bond donors (Lipinski definition) is 1. The molecule has 1 atom stereocenters. The lowest BCUT2D eigenvalue weighted by molar-refractivity contribution is -0.123. The first-order valence-electron chi connectivity index (χ1n) is 12.3. The van der Waals surface area contributed by atoms with Crippen molar-refractivity contribution in [1.29, 1.82) is 0 Å². The van der Waals surface area contributed by atoms with E-state index < -0.39 is 23.1 Å². The van der Waals surface area contributed by atoms with E-state index in [1.54, 1.807) is 10.6 Å². The Bertz CT molecular complexity index is 1400. The van der Waals surface area contributed by atoms with Crippen LogP contribution in [0.2, 0.25) is 0 Å². The van der Waals surface area contributed by atoms with Crippen LogP contribution >= 0.6 is 24.0 Å². The summed E-state index contributed by atoms with van der Waals surface area (Å²) in [6.07, 6.45) is 4.82. The molecule has 1 aromatic heterocycles. The second kappa shape index (κ2) is 10.1. The van der Waals surface area contributed by atoms with E-state index in [1.807, 2.05) is 25.8 Å². The van der Waals surface area contributed by atoms with Crippen molar-refractivity contribution in [3.8, 4) is 5.75 Å². The van der Waals surface area contributed by atoms with E-state index in [1.165, 1.54) is 12.3 Å². The van der Waals surface area contributed by atoms with Crippen LogP contribution in [0.4, 0.5) is 10.1 Å². The highest BCUT2D eigenvalue weighted by Crippen LogP contribution is 2.42. The SMILES string of the molecule is CCC/C=C1\SC(=S)N(NC(=O)c2cn3c4c(c(N5CCN(C)CC5)c(F)cc4c2=O)OCC3C)C1=O. The molecule has 1 aromatic carbocycles. The van der Waals surface area contributed by atoms with Crippen molar-refractivity contribution in [1.82, 2.24) is 19.9 Å². The second-order valence-corrected chi connectivity index (χ2v) is 11.1. The largest absolute Gasteiger partial charge is 0.487 e. The number of carbonyl (C=O) groups excluding carboxylic acids is 2. The number of hydrazine groups is 1. The third-order valence-corrected chi connectivity index (χ3v) is 8.18. The van der Waals surface area contributed by atoms with Gasteiger partial charge in [-0.15, -0.1) is 0 Å². The van der Waals surface area contributed by atoms with Crippen LogP contribution in [-0.2, 0) is 4.79 Å². The second-order valence-electron chi connectivity index (χ2n) is 9.47. The Morgan fingerprint density at radius 1 is 1.30 bits per heavy atom. The van der Waals surface area contributed by atoms with Gasteiger partial charge in [0.25, 0.3) is 11.8 Å². The topological polar surface area (TPSA) is 87.1 Å². The van der Waals surface area contributed by atoms with Crippen LogP contribution in [-0.4, -0.2) is 70.4 Å². The van der Waals surface area contributed by atoms with Crippen LogP contribution in [0.15, 0.2) is 28.0 Å². The Kier molecular flexibility index (Phi) is 6.99. The number of pyridine rings is 1. The lowest BCUT2D eigenvalue weighted by Gasteiger charge is -2.37. The van der Waals surface area contributed by atoms with Gasteiger partial charge in [0.05, 0.1) is 21.8 Å². The fourth-order valence-corrected chi connectivity index (χ4v) is 5.92. The number of piperazine rings is 1. The van der Waals surface area contributed by atoms with Crippen LogP contribution < -0.4 is 20.5 Å². The van der Waals surface area contributed by atoms with Gasteiger partial charge in [-0.05, 0) is 38.7 Å². The van der Waals surface area contributed by atoms with E-state index >= 15 is 4.39 Å². The number of hydrogen-bond acceptors (Lipinski definition) is 8. The van der Waals surface area contributed by atoms with E-state index in [9.17, 15) is 14.4 Å². The van der Waals surface area contributed by atoms with Crippen molar-refractivity contribution in [3.05, 3.63) is 44.8 Å². The van der Waals surface area contributed by atoms with Gasteiger partial charge in [-0.2, -0.15) is 5.01 Å². The minimum Gasteiger partial charge on any atom is -0.487 e. The van der Waals surface area contributed by atoms with Gasteiger partial charge in [0.1, 0.15) is 17.9 Å². The minimum atomic E-state index is -0.785. The average molecular weight is 546 g/mol. The number of nitrogens with one attached hydrogen (secondary N) is 1. The molecule has 0 saturated carbocycles. The van der Waals surface area contributed by atoms with Crippen LogP contribution in [0.3, 0.4) is 0 Å². The molecule has 0 aliphatic carbocycles. The normalized spacial score (nSPS) is 21.2. The number of benzene rings is 1. The number of thiocarbonyl (C=S) groups is 1. The number of unbranched alkanes of at least 4 members (excludes halogenated alkanes) is 1. The molecule has 4 heterocycles. The molecule has 3 aliphatic rings. The first-order valence-corrected chi connectivity index (χ1v) is 13.5. The quantitative estimate of drug-likeness (QED) is 0.453. The summed E-state index contributed by atoms with van der Waals surface area (Å²) in [6.45, 7) is 6.97. The van der Waals surface area contributed by atoms with E-state index in [2.05, 4.69) is 10.3 Å². The summed E-state index contributed by atoms with van der Waals surface area (Å²) in [5.74, 6) is -1.47. The monoisotopic (exact) mass is 545 g/mol. The zero-order valence-electron chi connectivity index (χ0n) is 20.9. The molecule has 5 rings (SSSR count). The zero-order valence-corrected chi connectivity index (χ0v) is 22.5. The van der Waals surface area contributed by atoms with Gasteiger partial charge in [-0.25, -0.2) is 4.39 Å². The van der Waals surface area contributed by atoms with Crippen molar-refractivity contribution in [3.63, 3.8) is 0 Å². The van der Waals surface area contributed by atoms with E-state index in [0.29, 0.717) is 41.4 Å². The van der Waals surface area contributed by atoms with E-state index in [0.717, 1.165) is 36.3 Å². The lowest BCUT2D eigenvalue weighted by atomic mass is 10.0. The Morgan fingerprint density at radius 3 is 2.73 bits per heavy atom. The number of aromatic nitrogens is 1. The molecule has 2 fully saturated rings. The van der Waals surface area contributed by atoms with Crippen LogP contribution in [0.25, 0.3) is 10.9 Å². The van der Waals surface area contributed by atoms with Crippen LogP contribution in [0.5, 0.6) is 5.75 Å². The number of amides is 2. The fraction of sp³-hybridized carbons (Fsp3) is 0.440. The number of anilines is 1. The van der Waals surface area contributed by atoms with Gasteiger partial charge < -0.3 is 19.1 Å². The maximum Gasteiger partial charge on any atom is 0.284 e. The predicted octanol–water partition coefficient (Wildman–Crippen LogP) is 3.03. The van der Waals surface area contributed by atoms with Gasteiger partial charge in [-0.3, -0.25) is 19.8 Å². The molecule has 0 spiro atoms. The highest BCUT2D eigenvalue weighted by Gasteiger charge is 2.35. The van der Waals surface area contributed by atoms with Gasteiger partial charge in [-0.1, -0.05) is 31.2 Å². The smallest absolute Gasteiger partial charge is 0.284 e. The molecule has 2 saturated heterocycles. The lowest BCUT2D eigenvalue weighted by Crippen LogP contribution is -2.46. The van der Waals surface area contributed by atoms with Crippen LogP contribution in [0, 0.1) is 5.82 Å². The highest BCUT2D eigenvalue weighted by molar-refractivity contribution is 8.26. The standard InChI is InChI=1S/C25H28FN5O4S2/c1-4-5-6-18-24(34)31(25(36)37-18)27-23(33)16-12-30-14(2)13-35-22-19(30)15(21(16)32)11-17(26)20(22)29-9-7-28(3)8-10-29/h6,11-12,14H,4-5,7-10,13H2,1-3H3,(H,27,33)/b18-6-. The molecule has 0 bridgehead atoms.